The van der Waals surface area contributed by atoms with Crippen LogP contribution in [0.15, 0.2) is 48.5 Å². The van der Waals surface area contributed by atoms with Gasteiger partial charge in [0.2, 0.25) is 0 Å². The lowest BCUT2D eigenvalue weighted by molar-refractivity contribution is -0.144. The lowest BCUT2D eigenvalue weighted by atomic mass is 10.1. The number of anilines is 2. The molecule has 0 fully saturated rings. The minimum absolute atomic E-state index is 0.161. The fraction of sp³-hybridized carbons (Fsp3) is 0.304. The van der Waals surface area contributed by atoms with Gasteiger partial charge in [0.25, 0.3) is 5.91 Å². The van der Waals surface area contributed by atoms with E-state index < -0.39 is 6.10 Å². The van der Waals surface area contributed by atoms with Crippen molar-refractivity contribution in [3.8, 4) is 11.3 Å². The van der Waals surface area contributed by atoms with Crippen molar-refractivity contribution in [1.82, 2.24) is 14.5 Å². The fourth-order valence-electron chi connectivity index (χ4n) is 3.60. The predicted molar refractivity (Wildman–Crippen MR) is 119 cm³/mol. The molecule has 2 heterocycles. The quantitative estimate of drug-likeness (QED) is 0.612. The highest BCUT2D eigenvalue weighted by atomic mass is 35.5. The third-order valence-electron chi connectivity index (χ3n) is 5.39. The average Bonchev–Trinajstić information content (AvgIpc) is 3.12. The number of nitrogens with one attached hydrogen (secondary N) is 1. The second-order valence-electron chi connectivity index (χ2n) is 7.96. The van der Waals surface area contributed by atoms with Crippen LogP contribution in [0.3, 0.4) is 0 Å². The van der Waals surface area contributed by atoms with Gasteiger partial charge in [-0.25, -0.2) is 9.37 Å². The van der Waals surface area contributed by atoms with Crippen LogP contribution in [0.5, 0.6) is 0 Å². The maximum atomic E-state index is 13.5. The molecule has 1 unspecified atom stereocenters. The van der Waals surface area contributed by atoms with Crippen molar-refractivity contribution < 1.29 is 14.3 Å². The van der Waals surface area contributed by atoms with Crippen LogP contribution < -0.4 is 5.32 Å². The van der Waals surface area contributed by atoms with Gasteiger partial charge in [0.05, 0.1) is 6.54 Å². The lowest BCUT2D eigenvalue weighted by Crippen LogP contribution is -2.45. The van der Waals surface area contributed by atoms with E-state index >= 15 is 0 Å². The zero-order chi connectivity index (χ0) is 22.1. The third kappa shape index (κ3) is 4.43. The molecule has 4 rings (SSSR count). The van der Waals surface area contributed by atoms with Gasteiger partial charge in [0.15, 0.2) is 0 Å². The molecule has 2 N–H and O–H groups in total. The standard InChI is InChI=1S/C23H24ClFN4O2/c1-14(2)21(30)23(31)28-11-12-29-19(13-28)27-20(15-3-7-17(25)8-4-15)22(29)26-18-9-5-16(24)6-10-18/h3-10,14,21,26,30H,11-13H2,1-2H3. The molecule has 3 aromatic rings. The van der Waals surface area contributed by atoms with Crippen LogP contribution in [0.2, 0.25) is 5.02 Å². The fourth-order valence-corrected chi connectivity index (χ4v) is 3.72. The Balaban J connectivity index is 1.71. The van der Waals surface area contributed by atoms with Gasteiger partial charge in [-0.1, -0.05) is 25.4 Å². The molecular formula is C23H24ClFN4O2. The normalized spacial score (nSPS) is 14.5. The highest BCUT2D eigenvalue weighted by Gasteiger charge is 2.31. The summed E-state index contributed by atoms with van der Waals surface area (Å²) in [7, 11) is 0. The number of nitrogens with zero attached hydrogens (tertiary/aromatic N) is 3. The van der Waals surface area contributed by atoms with Crippen LogP contribution in [0.25, 0.3) is 11.3 Å². The first-order chi connectivity index (χ1) is 14.8. The first kappa shape index (κ1) is 21.3. The summed E-state index contributed by atoms with van der Waals surface area (Å²) < 4.78 is 15.5. The number of amides is 1. The van der Waals surface area contributed by atoms with E-state index in [-0.39, 0.29) is 17.6 Å². The summed E-state index contributed by atoms with van der Waals surface area (Å²) >= 11 is 6.01. The topological polar surface area (TPSA) is 70.4 Å². The molecule has 2 aromatic carbocycles. The predicted octanol–water partition coefficient (Wildman–Crippen LogP) is 4.45. The molecule has 1 aliphatic rings. The van der Waals surface area contributed by atoms with Gasteiger partial charge in [0, 0.05) is 29.4 Å². The van der Waals surface area contributed by atoms with E-state index in [2.05, 4.69) is 5.32 Å². The summed E-state index contributed by atoms with van der Waals surface area (Å²) in [6.45, 7) is 4.90. The monoisotopic (exact) mass is 442 g/mol. The van der Waals surface area contributed by atoms with E-state index in [1.807, 2.05) is 30.5 Å². The number of aliphatic hydroxyl groups excluding tert-OH is 1. The number of hydrogen-bond donors (Lipinski definition) is 2. The Kier molecular flexibility index (Phi) is 5.98. The van der Waals surface area contributed by atoms with Crippen LogP contribution in [0.4, 0.5) is 15.9 Å². The molecule has 8 heteroatoms. The minimum atomic E-state index is -1.04. The molecule has 1 atom stereocenters. The zero-order valence-electron chi connectivity index (χ0n) is 17.3. The van der Waals surface area contributed by atoms with Gasteiger partial charge in [-0.05, 0) is 54.4 Å². The van der Waals surface area contributed by atoms with Gasteiger partial charge < -0.3 is 19.9 Å². The molecule has 0 saturated heterocycles. The molecule has 0 saturated carbocycles. The number of halogens is 2. The lowest BCUT2D eigenvalue weighted by Gasteiger charge is -2.31. The van der Waals surface area contributed by atoms with Crippen molar-refractivity contribution >= 4 is 29.0 Å². The summed E-state index contributed by atoms with van der Waals surface area (Å²) in [5, 5.41) is 14.2. The van der Waals surface area contributed by atoms with E-state index in [4.69, 9.17) is 16.6 Å². The molecule has 0 radical (unpaired) electrons. The average molecular weight is 443 g/mol. The summed E-state index contributed by atoms with van der Waals surface area (Å²) in [6.07, 6.45) is -1.04. The van der Waals surface area contributed by atoms with Gasteiger partial charge in [-0.2, -0.15) is 0 Å². The van der Waals surface area contributed by atoms with Crippen LogP contribution >= 0.6 is 11.6 Å². The molecule has 1 aliphatic heterocycles. The van der Waals surface area contributed by atoms with Gasteiger partial charge in [-0.15, -0.1) is 0 Å². The second-order valence-corrected chi connectivity index (χ2v) is 8.40. The van der Waals surface area contributed by atoms with Crippen molar-refractivity contribution in [2.45, 2.75) is 33.0 Å². The van der Waals surface area contributed by atoms with Gasteiger partial charge in [0.1, 0.15) is 29.3 Å². The molecule has 0 aliphatic carbocycles. The molecule has 0 spiro atoms. The molecule has 6 nitrogen and oxygen atoms in total. The number of carbonyl (C=O) groups is 1. The van der Waals surface area contributed by atoms with E-state index in [1.54, 1.807) is 29.2 Å². The number of carbonyl (C=O) groups excluding carboxylic acids is 1. The summed E-state index contributed by atoms with van der Waals surface area (Å²) in [5.41, 5.74) is 2.27. The van der Waals surface area contributed by atoms with Crippen LogP contribution in [0.1, 0.15) is 19.7 Å². The number of aromatic nitrogens is 2. The summed E-state index contributed by atoms with van der Waals surface area (Å²) in [5.74, 6) is 0.692. The Hall–Kier alpha value is -2.90. The van der Waals surface area contributed by atoms with E-state index in [9.17, 15) is 14.3 Å². The van der Waals surface area contributed by atoms with Crippen LogP contribution in [-0.2, 0) is 17.9 Å². The Morgan fingerprint density at radius 3 is 2.45 bits per heavy atom. The first-order valence-corrected chi connectivity index (χ1v) is 10.6. The number of imidazole rings is 1. The van der Waals surface area contributed by atoms with E-state index in [0.29, 0.717) is 36.2 Å². The molecular weight excluding hydrogens is 419 g/mol. The van der Waals surface area contributed by atoms with Crippen molar-refractivity contribution in [1.29, 1.82) is 0 Å². The smallest absolute Gasteiger partial charge is 0.252 e. The Bertz CT molecular complexity index is 1080. The number of hydrogen-bond acceptors (Lipinski definition) is 4. The second kappa shape index (κ2) is 8.69. The summed E-state index contributed by atoms with van der Waals surface area (Å²) in [6, 6.07) is 13.5. The first-order valence-electron chi connectivity index (χ1n) is 10.2. The highest BCUT2D eigenvalue weighted by molar-refractivity contribution is 6.30. The minimum Gasteiger partial charge on any atom is -0.383 e. The summed E-state index contributed by atoms with van der Waals surface area (Å²) in [4.78, 5) is 19.1. The molecule has 1 aromatic heterocycles. The number of benzene rings is 2. The maximum absolute atomic E-state index is 13.5. The van der Waals surface area contributed by atoms with E-state index in [0.717, 1.165) is 17.1 Å². The Labute approximate surface area is 185 Å². The maximum Gasteiger partial charge on any atom is 0.252 e. The van der Waals surface area contributed by atoms with Crippen molar-refractivity contribution in [2.75, 3.05) is 11.9 Å². The zero-order valence-corrected chi connectivity index (χ0v) is 18.1. The van der Waals surface area contributed by atoms with Crippen LogP contribution in [-0.4, -0.2) is 38.1 Å². The number of rotatable bonds is 5. The van der Waals surface area contributed by atoms with E-state index in [1.165, 1.54) is 12.1 Å². The van der Waals surface area contributed by atoms with Crippen molar-refractivity contribution in [3.63, 3.8) is 0 Å². The SMILES string of the molecule is CC(C)C(O)C(=O)N1CCn2c(nc(-c3ccc(F)cc3)c2Nc2ccc(Cl)cc2)C1. The Morgan fingerprint density at radius 1 is 1.13 bits per heavy atom. The molecule has 162 valence electrons. The third-order valence-corrected chi connectivity index (χ3v) is 5.65. The van der Waals surface area contributed by atoms with Gasteiger partial charge in [-0.3, -0.25) is 4.79 Å². The molecule has 0 bridgehead atoms. The molecule has 1 amide bonds. The molecule has 31 heavy (non-hydrogen) atoms. The number of aliphatic hydroxyl groups is 1. The van der Waals surface area contributed by atoms with Crippen molar-refractivity contribution in [2.24, 2.45) is 5.92 Å². The highest BCUT2D eigenvalue weighted by Crippen LogP contribution is 2.33. The van der Waals surface area contributed by atoms with Crippen molar-refractivity contribution in [3.05, 3.63) is 65.2 Å². The Morgan fingerprint density at radius 2 is 1.81 bits per heavy atom. The number of fused-ring (bicyclic) bond motifs is 1. The van der Waals surface area contributed by atoms with Crippen LogP contribution in [0, 0.1) is 11.7 Å². The van der Waals surface area contributed by atoms with Gasteiger partial charge >= 0.3 is 0 Å². The largest absolute Gasteiger partial charge is 0.383 e.